The minimum Gasteiger partial charge on any atom is -0.233 e. The van der Waals surface area contributed by atoms with Gasteiger partial charge in [0.2, 0.25) is 0 Å². The van der Waals surface area contributed by atoms with Gasteiger partial charge in [0.25, 0.3) is 0 Å². The first-order chi connectivity index (χ1) is 4.59. The van der Waals surface area contributed by atoms with Gasteiger partial charge in [-0.2, -0.15) is 0 Å². The second kappa shape index (κ2) is 4.73. The first kappa shape index (κ1) is 9.96. The van der Waals surface area contributed by atoms with Crippen LogP contribution in [0.4, 0.5) is 0 Å². The Morgan fingerprint density at radius 1 is 1.20 bits per heavy atom. The van der Waals surface area contributed by atoms with E-state index in [1.165, 1.54) is 12.8 Å². The van der Waals surface area contributed by atoms with Gasteiger partial charge in [0.1, 0.15) is 0 Å². The van der Waals surface area contributed by atoms with Crippen LogP contribution in [-0.2, 0) is 5.11 Å². The molecule has 0 aliphatic rings. The van der Waals surface area contributed by atoms with Crippen molar-refractivity contribution in [3.63, 3.8) is 0 Å². The van der Waals surface area contributed by atoms with Gasteiger partial charge >= 0.3 is 0 Å². The summed E-state index contributed by atoms with van der Waals surface area (Å²) in [5, 5.41) is 10.9. The number of rotatable bonds is 4. The average molecular weight is 143 g/mol. The van der Waals surface area contributed by atoms with Crippen molar-refractivity contribution in [2.75, 3.05) is 0 Å². The third-order valence-corrected chi connectivity index (χ3v) is 2.38. The fourth-order valence-corrected chi connectivity index (χ4v) is 1.18. The van der Waals surface area contributed by atoms with Gasteiger partial charge < -0.3 is 0 Å². The van der Waals surface area contributed by atoms with Gasteiger partial charge in [-0.05, 0) is 18.8 Å². The Balaban J connectivity index is 3.58. The molecule has 0 saturated heterocycles. The standard InChI is InChI=1S/C9H19O/c1-5-6-7(2)8(3)9(4)10/h7-9H,5-6H2,1-4H3. The highest BCUT2D eigenvalue weighted by atomic mass is 16.3. The number of hydrogen-bond donors (Lipinski definition) is 0. The molecule has 3 atom stereocenters. The largest absolute Gasteiger partial charge is 0.233 e. The molecule has 1 radical (unpaired) electrons. The highest BCUT2D eigenvalue weighted by Crippen LogP contribution is 2.19. The first-order valence-electron chi connectivity index (χ1n) is 4.25. The third kappa shape index (κ3) is 3.21. The van der Waals surface area contributed by atoms with E-state index >= 15 is 0 Å². The topological polar surface area (TPSA) is 19.9 Å². The van der Waals surface area contributed by atoms with Crippen molar-refractivity contribution in [2.45, 2.75) is 46.6 Å². The van der Waals surface area contributed by atoms with Crippen molar-refractivity contribution in [2.24, 2.45) is 11.8 Å². The Kier molecular flexibility index (Phi) is 4.71. The summed E-state index contributed by atoms with van der Waals surface area (Å²) in [5.74, 6) is 0.928. The van der Waals surface area contributed by atoms with Gasteiger partial charge in [-0.25, -0.2) is 5.11 Å². The highest BCUT2D eigenvalue weighted by molar-refractivity contribution is 4.65. The molecule has 1 nitrogen and oxygen atoms in total. The van der Waals surface area contributed by atoms with Crippen LogP contribution in [0.25, 0.3) is 0 Å². The molecule has 0 aromatic carbocycles. The predicted octanol–water partition coefficient (Wildman–Crippen LogP) is 2.88. The van der Waals surface area contributed by atoms with Crippen molar-refractivity contribution in [1.82, 2.24) is 0 Å². The van der Waals surface area contributed by atoms with Crippen LogP contribution >= 0.6 is 0 Å². The zero-order valence-corrected chi connectivity index (χ0v) is 7.55. The van der Waals surface area contributed by atoms with E-state index in [9.17, 15) is 5.11 Å². The zero-order valence-electron chi connectivity index (χ0n) is 7.55. The van der Waals surface area contributed by atoms with Crippen molar-refractivity contribution in [3.05, 3.63) is 0 Å². The molecule has 0 aromatic heterocycles. The van der Waals surface area contributed by atoms with Crippen LogP contribution in [0, 0.1) is 11.8 Å². The molecular formula is C9H19O. The summed E-state index contributed by atoms with van der Waals surface area (Å²) in [7, 11) is 0. The van der Waals surface area contributed by atoms with Crippen LogP contribution in [0.1, 0.15) is 40.5 Å². The van der Waals surface area contributed by atoms with E-state index in [1.54, 1.807) is 6.92 Å². The van der Waals surface area contributed by atoms with Crippen molar-refractivity contribution >= 4 is 0 Å². The lowest BCUT2D eigenvalue weighted by Gasteiger charge is -2.20. The summed E-state index contributed by atoms with van der Waals surface area (Å²) >= 11 is 0. The first-order valence-corrected chi connectivity index (χ1v) is 4.25. The van der Waals surface area contributed by atoms with Crippen LogP contribution in [0.3, 0.4) is 0 Å². The van der Waals surface area contributed by atoms with E-state index in [4.69, 9.17) is 0 Å². The molecule has 0 aliphatic carbocycles. The monoisotopic (exact) mass is 143 g/mol. The fraction of sp³-hybridized carbons (Fsp3) is 1.00. The molecule has 0 fully saturated rings. The third-order valence-electron chi connectivity index (χ3n) is 2.38. The van der Waals surface area contributed by atoms with Crippen LogP contribution in [-0.4, -0.2) is 6.10 Å². The molecular weight excluding hydrogens is 124 g/mol. The van der Waals surface area contributed by atoms with Crippen molar-refractivity contribution in [3.8, 4) is 0 Å². The van der Waals surface area contributed by atoms with E-state index in [0.29, 0.717) is 11.8 Å². The molecule has 0 aliphatic heterocycles. The Morgan fingerprint density at radius 3 is 2.00 bits per heavy atom. The van der Waals surface area contributed by atoms with Gasteiger partial charge in [-0.1, -0.05) is 33.6 Å². The lowest BCUT2D eigenvalue weighted by atomic mass is 9.88. The van der Waals surface area contributed by atoms with Gasteiger partial charge in [0, 0.05) is 0 Å². The fourth-order valence-electron chi connectivity index (χ4n) is 1.18. The molecule has 10 heavy (non-hydrogen) atoms. The van der Waals surface area contributed by atoms with E-state index in [-0.39, 0.29) is 0 Å². The van der Waals surface area contributed by atoms with E-state index in [2.05, 4.69) is 20.8 Å². The summed E-state index contributed by atoms with van der Waals surface area (Å²) in [6, 6.07) is 0. The maximum Gasteiger partial charge on any atom is 0.0930 e. The Labute approximate surface area is 64.5 Å². The lowest BCUT2D eigenvalue weighted by molar-refractivity contribution is 0.0357. The summed E-state index contributed by atoms with van der Waals surface area (Å²) in [5.41, 5.74) is 0. The Hall–Kier alpha value is -0.0400. The molecule has 0 spiro atoms. The van der Waals surface area contributed by atoms with Gasteiger partial charge in [0.15, 0.2) is 0 Å². The quantitative estimate of drug-likeness (QED) is 0.576. The molecule has 61 valence electrons. The van der Waals surface area contributed by atoms with Crippen LogP contribution < -0.4 is 0 Å². The SMILES string of the molecule is CCCC(C)C(C)C(C)[O]. The van der Waals surface area contributed by atoms with Gasteiger partial charge in [0.05, 0.1) is 6.10 Å². The molecule has 1 heteroatoms. The summed E-state index contributed by atoms with van der Waals surface area (Å²) < 4.78 is 0. The summed E-state index contributed by atoms with van der Waals surface area (Å²) in [6.45, 7) is 8.15. The molecule has 0 amide bonds. The molecule has 0 rings (SSSR count). The molecule has 0 N–H and O–H groups in total. The minimum absolute atomic E-state index is 0.333. The zero-order chi connectivity index (χ0) is 8.15. The molecule has 0 bridgehead atoms. The normalized spacial score (nSPS) is 20.1. The Morgan fingerprint density at radius 2 is 1.70 bits per heavy atom. The average Bonchev–Trinajstić information content (AvgIpc) is 1.87. The maximum atomic E-state index is 10.9. The summed E-state index contributed by atoms with van der Waals surface area (Å²) in [6.07, 6.45) is 1.98. The molecule has 0 heterocycles. The smallest absolute Gasteiger partial charge is 0.0930 e. The minimum atomic E-state index is -0.401. The van der Waals surface area contributed by atoms with Crippen LogP contribution in [0.2, 0.25) is 0 Å². The Bertz CT molecular complexity index is 78.8. The van der Waals surface area contributed by atoms with Gasteiger partial charge in [-0.3, -0.25) is 0 Å². The highest BCUT2D eigenvalue weighted by Gasteiger charge is 2.16. The summed E-state index contributed by atoms with van der Waals surface area (Å²) in [4.78, 5) is 0. The number of hydrogen-bond acceptors (Lipinski definition) is 0. The maximum absolute atomic E-state index is 10.9. The van der Waals surface area contributed by atoms with E-state index in [1.807, 2.05) is 0 Å². The molecule has 0 aromatic rings. The second-order valence-corrected chi connectivity index (χ2v) is 3.33. The van der Waals surface area contributed by atoms with E-state index in [0.717, 1.165) is 0 Å². The van der Waals surface area contributed by atoms with Gasteiger partial charge in [-0.15, -0.1) is 0 Å². The molecule has 0 saturated carbocycles. The van der Waals surface area contributed by atoms with Crippen molar-refractivity contribution in [1.29, 1.82) is 0 Å². The van der Waals surface area contributed by atoms with Crippen molar-refractivity contribution < 1.29 is 5.11 Å². The second-order valence-electron chi connectivity index (χ2n) is 3.33. The molecule has 3 unspecified atom stereocenters. The predicted molar refractivity (Wildman–Crippen MR) is 43.4 cm³/mol. The van der Waals surface area contributed by atoms with E-state index < -0.39 is 6.10 Å². The van der Waals surface area contributed by atoms with Crippen LogP contribution in [0.5, 0.6) is 0 Å². The van der Waals surface area contributed by atoms with Crippen LogP contribution in [0.15, 0.2) is 0 Å². The lowest BCUT2D eigenvalue weighted by Crippen LogP contribution is -2.19.